The lowest BCUT2D eigenvalue weighted by Gasteiger charge is -2.60. The summed E-state index contributed by atoms with van der Waals surface area (Å²) in [5, 5.41) is 3.69. The first-order valence-corrected chi connectivity index (χ1v) is 11.5. The number of hydrogen-bond acceptors (Lipinski definition) is 6. The van der Waals surface area contributed by atoms with E-state index in [1.165, 1.54) is 12.8 Å². The van der Waals surface area contributed by atoms with Crippen LogP contribution >= 0.6 is 0 Å². The molecule has 5 heterocycles. The molecule has 0 unspecified atom stereocenters. The second-order valence-electron chi connectivity index (χ2n) is 10.2. The van der Waals surface area contributed by atoms with Crippen LogP contribution in [-0.4, -0.2) is 50.1 Å². The van der Waals surface area contributed by atoms with Crippen molar-refractivity contribution in [1.82, 2.24) is 5.32 Å². The van der Waals surface area contributed by atoms with Crippen molar-refractivity contribution in [2.45, 2.75) is 83.1 Å². The Balaban J connectivity index is 1.31. The molecule has 1 aliphatic carbocycles. The highest BCUT2D eigenvalue weighted by Crippen LogP contribution is 2.60. The van der Waals surface area contributed by atoms with Crippen molar-refractivity contribution < 1.29 is 24.0 Å². The Morgan fingerprint density at radius 3 is 2.57 bits per heavy atom. The summed E-state index contributed by atoms with van der Waals surface area (Å²) >= 11 is 0. The van der Waals surface area contributed by atoms with E-state index < -0.39 is 11.4 Å². The average molecular weight is 396 g/mol. The van der Waals surface area contributed by atoms with E-state index in [2.05, 4.69) is 19.2 Å². The Morgan fingerprint density at radius 1 is 0.929 bits per heavy atom. The van der Waals surface area contributed by atoms with Crippen molar-refractivity contribution >= 4 is 0 Å². The highest BCUT2D eigenvalue weighted by atomic mass is 17.3. The maximum atomic E-state index is 6.63. The largest absolute Gasteiger partial charge is 0.381 e. The Bertz CT molecular complexity index is 569. The van der Waals surface area contributed by atoms with E-state index in [0.29, 0.717) is 23.7 Å². The van der Waals surface area contributed by atoms with E-state index >= 15 is 0 Å². The molecule has 2 bridgehead atoms. The van der Waals surface area contributed by atoms with Crippen LogP contribution in [-0.2, 0) is 24.0 Å². The summed E-state index contributed by atoms with van der Waals surface area (Å²) in [7, 11) is 0. The number of rotatable bonds is 4. The predicted molar refractivity (Wildman–Crippen MR) is 103 cm³/mol. The van der Waals surface area contributed by atoms with Gasteiger partial charge in [-0.05, 0) is 69.2 Å². The van der Waals surface area contributed by atoms with E-state index in [-0.39, 0.29) is 12.4 Å². The molecule has 1 saturated carbocycles. The van der Waals surface area contributed by atoms with E-state index in [9.17, 15) is 0 Å². The van der Waals surface area contributed by atoms with Crippen molar-refractivity contribution in [2.24, 2.45) is 29.6 Å². The molecule has 5 saturated heterocycles. The van der Waals surface area contributed by atoms with Crippen molar-refractivity contribution in [3.05, 3.63) is 0 Å². The molecule has 1 N–H and O–H groups in total. The van der Waals surface area contributed by atoms with Gasteiger partial charge in [0.1, 0.15) is 0 Å². The second-order valence-corrected chi connectivity index (χ2v) is 10.2. The van der Waals surface area contributed by atoms with Crippen LogP contribution in [0.4, 0.5) is 0 Å². The van der Waals surface area contributed by atoms with Crippen molar-refractivity contribution in [3.8, 4) is 0 Å². The number of nitrogens with one attached hydrogen (secondary N) is 1. The Labute approximate surface area is 168 Å². The van der Waals surface area contributed by atoms with Crippen LogP contribution in [0, 0.1) is 29.6 Å². The minimum absolute atomic E-state index is 0.154. The lowest BCUT2D eigenvalue weighted by molar-refractivity contribution is -0.570. The molecule has 6 rings (SSSR count). The van der Waals surface area contributed by atoms with Gasteiger partial charge in [0, 0.05) is 32.1 Å². The zero-order valence-electron chi connectivity index (χ0n) is 17.7. The summed E-state index contributed by atoms with van der Waals surface area (Å²) in [5.74, 6) is 1.94. The molecule has 6 fully saturated rings. The van der Waals surface area contributed by atoms with Crippen LogP contribution in [0.1, 0.15) is 59.3 Å². The van der Waals surface area contributed by atoms with Gasteiger partial charge in [-0.15, -0.1) is 0 Å². The third-order valence-corrected chi connectivity index (χ3v) is 8.41. The SMILES string of the molecule is C[C@H]1[C@@H](CNCC2CCOCC2)O[C@@H]2O[C@@]3(C)CC[C@H]4[C@H](C)CC[C@@H]1[C@@]24OO3. The standard InChI is InChI=1S/C22H37NO5/c1-14-4-5-18-15(2)19(13-23-12-16-7-10-24-11-8-16)25-20-22(18)17(14)6-9-21(3,26-20)27-28-22/h14-20,23H,4-13H2,1-3H3/t14-,15-,17+,18+,19-,20-,21-,22-/m1/s1. The van der Waals surface area contributed by atoms with Gasteiger partial charge in [0.25, 0.3) is 0 Å². The molecular weight excluding hydrogens is 358 g/mol. The molecule has 0 aromatic rings. The molecular formula is C22H37NO5. The molecule has 6 aliphatic rings. The highest BCUT2D eigenvalue weighted by molar-refractivity contribution is 5.10. The molecule has 6 heteroatoms. The minimum Gasteiger partial charge on any atom is -0.381 e. The van der Waals surface area contributed by atoms with Crippen LogP contribution < -0.4 is 5.32 Å². The van der Waals surface area contributed by atoms with Crippen LogP contribution in [0.5, 0.6) is 0 Å². The molecule has 28 heavy (non-hydrogen) atoms. The molecule has 160 valence electrons. The van der Waals surface area contributed by atoms with Gasteiger partial charge in [-0.2, -0.15) is 0 Å². The zero-order valence-corrected chi connectivity index (χ0v) is 17.7. The lowest BCUT2D eigenvalue weighted by Crippen LogP contribution is -2.71. The van der Waals surface area contributed by atoms with Crippen LogP contribution in [0.2, 0.25) is 0 Å². The predicted octanol–water partition coefficient (Wildman–Crippen LogP) is 3.25. The molecule has 0 radical (unpaired) electrons. The number of hydrogen-bond donors (Lipinski definition) is 1. The third kappa shape index (κ3) is 3.15. The minimum atomic E-state index is -0.682. The maximum Gasteiger partial charge on any atom is 0.201 e. The topological polar surface area (TPSA) is 58.2 Å². The molecule has 6 nitrogen and oxygen atoms in total. The first-order chi connectivity index (χ1) is 13.5. The van der Waals surface area contributed by atoms with E-state index in [1.807, 2.05) is 6.92 Å². The van der Waals surface area contributed by atoms with Crippen molar-refractivity contribution in [2.75, 3.05) is 26.3 Å². The molecule has 1 spiro atoms. The average Bonchev–Trinajstić information content (AvgIpc) is 2.92. The number of fused-ring (bicyclic) bond motifs is 2. The Hall–Kier alpha value is -0.240. The Kier molecular flexibility index (Phi) is 5.26. The van der Waals surface area contributed by atoms with Gasteiger partial charge in [-0.1, -0.05) is 13.8 Å². The first-order valence-electron chi connectivity index (χ1n) is 11.5. The number of ether oxygens (including phenoxy) is 3. The summed E-state index contributed by atoms with van der Waals surface area (Å²) in [4.78, 5) is 12.1. The van der Waals surface area contributed by atoms with Crippen molar-refractivity contribution in [1.29, 1.82) is 0 Å². The summed E-state index contributed by atoms with van der Waals surface area (Å²) in [6, 6.07) is 0. The highest BCUT2D eigenvalue weighted by Gasteiger charge is 2.69. The van der Waals surface area contributed by atoms with Gasteiger partial charge in [-0.3, -0.25) is 0 Å². The molecule has 0 aromatic carbocycles. The van der Waals surface area contributed by atoms with Gasteiger partial charge in [-0.25, -0.2) is 9.78 Å². The van der Waals surface area contributed by atoms with E-state index in [1.54, 1.807) is 0 Å². The molecule has 0 aromatic heterocycles. The molecule has 0 amide bonds. The van der Waals surface area contributed by atoms with Crippen LogP contribution in [0.3, 0.4) is 0 Å². The quantitative estimate of drug-likeness (QED) is 0.738. The van der Waals surface area contributed by atoms with Gasteiger partial charge in [0.05, 0.1) is 6.10 Å². The Morgan fingerprint density at radius 2 is 1.75 bits per heavy atom. The second kappa shape index (κ2) is 7.47. The third-order valence-electron chi connectivity index (χ3n) is 8.41. The van der Waals surface area contributed by atoms with Gasteiger partial charge >= 0.3 is 0 Å². The van der Waals surface area contributed by atoms with Crippen LogP contribution in [0.15, 0.2) is 0 Å². The first kappa shape index (κ1) is 19.7. The maximum absolute atomic E-state index is 6.63. The zero-order chi connectivity index (χ0) is 19.4. The van der Waals surface area contributed by atoms with E-state index in [4.69, 9.17) is 24.0 Å². The molecule has 8 atom stereocenters. The lowest BCUT2D eigenvalue weighted by atomic mass is 9.57. The summed E-state index contributed by atoms with van der Waals surface area (Å²) < 4.78 is 18.6. The fourth-order valence-electron chi connectivity index (χ4n) is 6.59. The fourth-order valence-corrected chi connectivity index (χ4v) is 6.59. The summed E-state index contributed by atoms with van der Waals surface area (Å²) in [6.07, 6.45) is 6.54. The van der Waals surface area contributed by atoms with Gasteiger partial charge in [0.2, 0.25) is 5.79 Å². The van der Waals surface area contributed by atoms with Gasteiger partial charge in [0.15, 0.2) is 11.9 Å². The van der Waals surface area contributed by atoms with Gasteiger partial charge < -0.3 is 19.5 Å². The fraction of sp³-hybridized carbons (Fsp3) is 1.00. The molecule has 5 aliphatic heterocycles. The smallest absolute Gasteiger partial charge is 0.201 e. The van der Waals surface area contributed by atoms with Crippen LogP contribution in [0.25, 0.3) is 0 Å². The van der Waals surface area contributed by atoms with Crippen molar-refractivity contribution in [3.63, 3.8) is 0 Å². The summed E-state index contributed by atoms with van der Waals surface area (Å²) in [5.41, 5.74) is -0.440. The summed E-state index contributed by atoms with van der Waals surface area (Å²) in [6.45, 7) is 10.4. The van der Waals surface area contributed by atoms with E-state index in [0.717, 1.165) is 57.9 Å². The normalized spacial score (nSPS) is 51.5. The monoisotopic (exact) mass is 395 g/mol.